The van der Waals surface area contributed by atoms with Crippen LogP contribution in [0.2, 0.25) is 0 Å². The number of allylic oxidation sites excluding steroid dienone is 1. The van der Waals surface area contributed by atoms with Gasteiger partial charge in [-0.05, 0) is 18.2 Å². The molecule has 2 rings (SSSR count). The Bertz CT molecular complexity index is 735. The van der Waals surface area contributed by atoms with Gasteiger partial charge in [-0.2, -0.15) is 0 Å². The van der Waals surface area contributed by atoms with Crippen LogP contribution in [0.25, 0.3) is 6.08 Å². The summed E-state index contributed by atoms with van der Waals surface area (Å²) in [5.74, 6) is 1.69. The van der Waals surface area contributed by atoms with Crippen molar-refractivity contribution in [2.75, 3.05) is 28.4 Å². The minimum absolute atomic E-state index is 0.105. The third kappa shape index (κ3) is 3.51. The van der Waals surface area contributed by atoms with Gasteiger partial charge in [0, 0.05) is 11.1 Å². The highest BCUT2D eigenvalue weighted by Gasteiger charge is 2.20. The first kappa shape index (κ1) is 17.4. The van der Waals surface area contributed by atoms with E-state index < -0.39 is 0 Å². The molecule has 0 atom stereocenters. The zero-order chi connectivity index (χ0) is 17.5. The van der Waals surface area contributed by atoms with E-state index in [-0.39, 0.29) is 5.78 Å². The number of hydrogen-bond acceptors (Lipinski definition) is 5. The molecule has 0 unspecified atom stereocenters. The Labute approximate surface area is 141 Å². The normalized spacial score (nSPS) is 10.5. The number of ketones is 1. The van der Waals surface area contributed by atoms with Gasteiger partial charge in [-0.3, -0.25) is 4.79 Å². The summed E-state index contributed by atoms with van der Waals surface area (Å²) in [5.41, 5.74) is 1.26. The molecule has 0 aromatic heterocycles. The summed E-state index contributed by atoms with van der Waals surface area (Å²) in [5, 5.41) is 0. The average molecular weight is 328 g/mol. The van der Waals surface area contributed by atoms with Crippen LogP contribution in [-0.4, -0.2) is 34.2 Å². The predicted molar refractivity (Wildman–Crippen MR) is 92.5 cm³/mol. The number of rotatable bonds is 7. The van der Waals surface area contributed by atoms with E-state index in [1.807, 2.05) is 18.2 Å². The third-order valence-corrected chi connectivity index (χ3v) is 3.49. The minimum Gasteiger partial charge on any atom is -0.493 e. The van der Waals surface area contributed by atoms with E-state index in [0.29, 0.717) is 34.1 Å². The molecule has 5 nitrogen and oxygen atoms in total. The smallest absolute Gasteiger partial charge is 0.207 e. The lowest BCUT2D eigenvalue weighted by Gasteiger charge is -2.17. The zero-order valence-electron chi connectivity index (χ0n) is 14.2. The summed E-state index contributed by atoms with van der Waals surface area (Å²) in [6, 6.07) is 10.8. The topological polar surface area (TPSA) is 54.0 Å². The van der Waals surface area contributed by atoms with Crippen molar-refractivity contribution in [3.63, 3.8) is 0 Å². The van der Waals surface area contributed by atoms with E-state index in [9.17, 15) is 4.79 Å². The van der Waals surface area contributed by atoms with Gasteiger partial charge in [-0.25, -0.2) is 0 Å². The second-order valence-corrected chi connectivity index (χ2v) is 4.83. The summed E-state index contributed by atoms with van der Waals surface area (Å²) in [6.45, 7) is 0. The summed E-state index contributed by atoms with van der Waals surface area (Å²) in [4.78, 5) is 12.2. The first-order valence-electron chi connectivity index (χ1n) is 7.30. The minimum atomic E-state index is -0.105. The molecule has 0 aliphatic carbocycles. The summed E-state index contributed by atoms with van der Waals surface area (Å²) < 4.78 is 21.5. The molecular formula is C19H20O5. The van der Waals surface area contributed by atoms with Crippen LogP contribution in [0.15, 0.2) is 42.5 Å². The van der Waals surface area contributed by atoms with Gasteiger partial charge < -0.3 is 18.9 Å². The molecule has 126 valence electrons. The SMILES string of the molecule is COc1cc(C=CC(=O)c2ccccc2)c(OC)c(OC)c1OC. The Morgan fingerprint density at radius 1 is 0.833 bits per heavy atom. The first-order valence-corrected chi connectivity index (χ1v) is 7.30. The lowest BCUT2D eigenvalue weighted by molar-refractivity contribution is 0.104. The Morgan fingerprint density at radius 3 is 2.00 bits per heavy atom. The molecule has 0 amide bonds. The first-order chi connectivity index (χ1) is 11.7. The molecule has 0 fully saturated rings. The molecule has 0 spiro atoms. The number of carbonyl (C=O) groups excluding carboxylic acids is 1. The standard InChI is InChI=1S/C19H20O5/c1-21-16-12-14(17(22-2)19(24-4)18(16)23-3)10-11-15(20)13-8-6-5-7-9-13/h5-12H,1-4H3. The van der Waals surface area contributed by atoms with E-state index in [0.717, 1.165) is 0 Å². The van der Waals surface area contributed by atoms with Gasteiger partial charge in [-0.1, -0.05) is 30.3 Å². The molecule has 0 bridgehead atoms. The number of benzene rings is 2. The maximum absolute atomic E-state index is 12.2. The Hall–Kier alpha value is -2.95. The molecule has 0 aliphatic rings. The van der Waals surface area contributed by atoms with E-state index in [1.165, 1.54) is 34.5 Å². The molecule has 2 aromatic carbocycles. The third-order valence-electron chi connectivity index (χ3n) is 3.49. The summed E-state index contributed by atoms with van der Waals surface area (Å²) in [6.07, 6.45) is 3.15. The quantitative estimate of drug-likeness (QED) is 0.574. The van der Waals surface area contributed by atoms with Crippen LogP contribution < -0.4 is 18.9 Å². The predicted octanol–water partition coefficient (Wildman–Crippen LogP) is 3.62. The van der Waals surface area contributed by atoms with Crippen molar-refractivity contribution in [2.24, 2.45) is 0 Å². The number of ether oxygens (including phenoxy) is 4. The van der Waals surface area contributed by atoms with Crippen LogP contribution in [-0.2, 0) is 0 Å². The average Bonchev–Trinajstić information content (AvgIpc) is 2.64. The molecule has 2 aromatic rings. The molecule has 0 radical (unpaired) electrons. The Balaban J connectivity index is 2.46. The molecular weight excluding hydrogens is 308 g/mol. The molecule has 0 saturated carbocycles. The van der Waals surface area contributed by atoms with Crippen molar-refractivity contribution < 1.29 is 23.7 Å². The van der Waals surface area contributed by atoms with Crippen molar-refractivity contribution in [3.8, 4) is 23.0 Å². The molecule has 5 heteroatoms. The lowest BCUT2D eigenvalue weighted by Crippen LogP contribution is -2.00. The van der Waals surface area contributed by atoms with Crippen molar-refractivity contribution in [3.05, 3.63) is 53.6 Å². The van der Waals surface area contributed by atoms with Crippen LogP contribution in [0.4, 0.5) is 0 Å². The fraction of sp³-hybridized carbons (Fsp3) is 0.211. The molecule has 0 aliphatic heterocycles. The summed E-state index contributed by atoms with van der Waals surface area (Å²) >= 11 is 0. The van der Waals surface area contributed by atoms with Gasteiger partial charge in [0.2, 0.25) is 11.5 Å². The van der Waals surface area contributed by atoms with E-state index in [1.54, 1.807) is 24.3 Å². The van der Waals surface area contributed by atoms with Gasteiger partial charge in [0.1, 0.15) is 0 Å². The van der Waals surface area contributed by atoms with Crippen LogP contribution in [0.3, 0.4) is 0 Å². The fourth-order valence-electron chi connectivity index (χ4n) is 2.35. The highest BCUT2D eigenvalue weighted by atomic mass is 16.5. The Morgan fingerprint density at radius 2 is 1.46 bits per heavy atom. The number of methoxy groups -OCH3 is 4. The van der Waals surface area contributed by atoms with Gasteiger partial charge in [-0.15, -0.1) is 0 Å². The largest absolute Gasteiger partial charge is 0.493 e. The van der Waals surface area contributed by atoms with Gasteiger partial charge in [0.25, 0.3) is 0 Å². The highest BCUT2D eigenvalue weighted by Crippen LogP contribution is 2.46. The molecule has 0 saturated heterocycles. The van der Waals surface area contributed by atoms with Gasteiger partial charge >= 0.3 is 0 Å². The Kier molecular flexibility index (Phi) is 5.84. The zero-order valence-corrected chi connectivity index (χ0v) is 14.2. The van der Waals surface area contributed by atoms with Crippen molar-refractivity contribution in [1.29, 1.82) is 0 Å². The van der Waals surface area contributed by atoms with E-state index >= 15 is 0 Å². The number of carbonyl (C=O) groups is 1. The molecule has 0 heterocycles. The van der Waals surface area contributed by atoms with Crippen molar-refractivity contribution in [2.45, 2.75) is 0 Å². The van der Waals surface area contributed by atoms with Crippen molar-refractivity contribution in [1.82, 2.24) is 0 Å². The monoisotopic (exact) mass is 328 g/mol. The second kappa shape index (κ2) is 8.06. The van der Waals surface area contributed by atoms with Crippen LogP contribution in [0.5, 0.6) is 23.0 Å². The maximum atomic E-state index is 12.2. The fourth-order valence-corrected chi connectivity index (χ4v) is 2.35. The second-order valence-electron chi connectivity index (χ2n) is 4.83. The van der Waals surface area contributed by atoms with Crippen LogP contribution >= 0.6 is 0 Å². The van der Waals surface area contributed by atoms with Crippen molar-refractivity contribution >= 4 is 11.9 Å². The van der Waals surface area contributed by atoms with Crippen LogP contribution in [0, 0.1) is 0 Å². The number of hydrogen-bond donors (Lipinski definition) is 0. The molecule has 0 N–H and O–H groups in total. The lowest BCUT2D eigenvalue weighted by atomic mass is 10.1. The van der Waals surface area contributed by atoms with Gasteiger partial charge in [0.05, 0.1) is 28.4 Å². The van der Waals surface area contributed by atoms with Crippen LogP contribution in [0.1, 0.15) is 15.9 Å². The highest BCUT2D eigenvalue weighted by molar-refractivity contribution is 6.07. The van der Waals surface area contributed by atoms with E-state index in [4.69, 9.17) is 18.9 Å². The summed E-state index contributed by atoms with van der Waals surface area (Å²) in [7, 11) is 6.10. The van der Waals surface area contributed by atoms with E-state index in [2.05, 4.69) is 0 Å². The molecule has 24 heavy (non-hydrogen) atoms. The maximum Gasteiger partial charge on any atom is 0.207 e. The van der Waals surface area contributed by atoms with Gasteiger partial charge in [0.15, 0.2) is 17.3 Å².